The lowest BCUT2D eigenvalue weighted by Gasteiger charge is -2.31. The van der Waals surface area contributed by atoms with Crippen LogP contribution in [0.4, 0.5) is 17.6 Å². The smallest absolute Gasteiger partial charge is 0.435 e. The van der Waals surface area contributed by atoms with Gasteiger partial charge in [-0.15, -0.1) is 10.2 Å². The molecule has 1 aliphatic heterocycles. The zero-order valence-corrected chi connectivity index (χ0v) is 17.9. The van der Waals surface area contributed by atoms with Crippen LogP contribution in [0.2, 0.25) is 0 Å². The highest BCUT2D eigenvalue weighted by molar-refractivity contribution is 7.88. The van der Waals surface area contributed by atoms with E-state index in [0.29, 0.717) is 31.0 Å². The van der Waals surface area contributed by atoms with E-state index in [9.17, 15) is 30.8 Å². The summed E-state index contributed by atoms with van der Waals surface area (Å²) in [4.78, 5) is 12.8. The SMILES string of the molecule is Cc1cc(F)ccc1Oc1nnc(C(F)(F)F)cc1C(=O)NC1CCCN(S(C)(=O)=O)C1. The molecule has 0 aliphatic carbocycles. The van der Waals surface area contributed by atoms with Gasteiger partial charge in [-0.05, 0) is 49.6 Å². The number of aromatic nitrogens is 2. The summed E-state index contributed by atoms with van der Waals surface area (Å²) in [6, 6.07) is 3.37. The Morgan fingerprint density at radius 3 is 2.59 bits per heavy atom. The first-order chi connectivity index (χ1) is 14.8. The number of benzene rings is 1. The van der Waals surface area contributed by atoms with E-state index < -0.39 is 51.1 Å². The van der Waals surface area contributed by atoms with Gasteiger partial charge in [0.25, 0.3) is 11.8 Å². The van der Waals surface area contributed by atoms with E-state index >= 15 is 0 Å². The summed E-state index contributed by atoms with van der Waals surface area (Å²) < 4.78 is 83.0. The van der Waals surface area contributed by atoms with E-state index in [1.807, 2.05) is 0 Å². The van der Waals surface area contributed by atoms with Crippen LogP contribution < -0.4 is 10.1 Å². The third-order valence-corrected chi connectivity index (χ3v) is 6.10. The predicted molar refractivity (Wildman–Crippen MR) is 105 cm³/mol. The van der Waals surface area contributed by atoms with E-state index in [0.717, 1.165) is 18.4 Å². The van der Waals surface area contributed by atoms with Crippen LogP contribution in [0.25, 0.3) is 0 Å². The van der Waals surface area contributed by atoms with Crippen molar-refractivity contribution in [1.29, 1.82) is 0 Å². The first-order valence-corrected chi connectivity index (χ1v) is 11.3. The first kappa shape index (κ1) is 23.9. The summed E-state index contributed by atoms with van der Waals surface area (Å²) in [6.07, 6.45) is -2.91. The number of carbonyl (C=O) groups is 1. The number of amides is 1. The number of sulfonamides is 1. The number of hydrogen-bond acceptors (Lipinski definition) is 6. The molecule has 0 spiro atoms. The lowest BCUT2D eigenvalue weighted by molar-refractivity contribution is -0.141. The van der Waals surface area contributed by atoms with Crippen molar-refractivity contribution in [1.82, 2.24) is 19.8 Å². The van der Waals surface area contributed by atoms with Gasteiger partial charge in [-0.25, -0.2) is 17.1 Å². The fraction of sp³-hybridized carbons (Fsp3) is 0.421. The molecule has 174 valence electrons. The van der Waals surface area contributed by atoms with Gasteiger partial charge in [0.15, 0.2) is 5.69 Å². The zero-order valence-electron chi connectivity index (χ0n) is 17.1. The Hall–Kier alpha value is -2.80. The molecule has 1 atom stereocenters. The minimum Gasteiger partial charge on any atom is -0.437 e. The average Bonchev–Trinajstić information content (AvgIpc) is 2.69. The van der Waals surface area contributed by atoms with Gasteiger partial charge in [0.2, 0.25) is 10.0 Å². The standard InChI is InChI=1S/C19H20F4N4O4S/c1-11-8-12(20)5-6-15(11)31-18-14(9-16(25-26-18)19(21,22)23)17(28)24-13-4-3-7-27(10-13)32(2,29)30/h5-6,8-9,13H,3-4,7,10H2,1-2H3,(H,24,28). The Morgan fingerprint density at radius 2 is 1.97 bits per heavy atom. The van der Waals surface area contributed by atoms with Gasteiger partial charge in [-0.3, -0.25) is 4.79 Å². The molecule has 0 radical (unpaired) electrons. The summed E-state index contributed by atoms with van der Waals surface area (Å²) in [6.45, 7) is 1.79. The Labute approximate surface area is 181 Å². The minimum absolute atomic E-state index is 0.0114. The fourth-order valence-corrected chi connectivity index (χ4v) is 4.12. The van der Waals surface area contributed by atoms with Crippen LogP contribution >= 0.6 is 0 Å². The largest absolute Gasteiger partial charge is 0.437 e. The molecule has 2 aromatic rings. The molecule has 2 heterocycles. The van der Waals surface area contributed by atoms with Crippen molar-refractivity contribution >= 4 is 15.9 Å². The van der Waals surface area contributed by atoms with E-state index in [1.54, 1.807) is 0 Å². The Kier molecular flexibility index (Phi) is 6.69. The van der Waals surface area contributed by atoms with Gasteiger partial charge < -0.3 is 10.1 Å². The number of carbonyl (C=O) groups excluding carboxylic acids is 1. The number of rotatable bonds is 5. The molecule has 1 unspecified atom stereocenters. The Bertz CT molecular complexity index is 1120. The topological polar surface area (TPSA) is 101 Å². The van der Waals surface area contributed by atoms with Crippen molar-refractivity contribution in [2.45, 2.75) is 32.0 Å². The number of nitrogens with zero attached hydrogens (tertiary/aromatic N) is 3. The molecule has 1 amide bonds. The Balaban J connectivity index is 1.90. The number of hydrogen-bond donors (Lipinski definition) is 1. The van der Waals surface area contributed by atoms with Gasteiger partial charge in [0.05, 0.1) is 6.26 Å². The minimum atomic E-state index is -4.86. The van der Waals surface area contributed by atoms with Gasteiger partial charge in [0, 0.05) is 19.1 Å². The van der Waals surface area contributed by atoms with Crippen LogP contribution in [0.15, 0.2) is 24.3 Å². The second-order valence-electron chi connectivity index (χ2n) is 7.39. The molecular weight excluding hydrogens is 456 g/mol. The number of alkyl halides is 3. The molecule has 1 aromatic heterocycles. The van der Waals surface area contributed by atoms with Crippen LogP contribution in [0.3, 0.4) is 0 Å². The fourth-order valence-electron chi connectivity index (χ4n) is 3.21. The average molecular weight is 476 g/mol. The number of ether oxygens (including phenoxy) is 1. The monoisotopic (exact) mass is 476 g/mol. The van der Waals surface area contributed by atoms with Crippen LogP contribution in [0, 0.1) is 12.7 Å². The van der Waals surface area contributed by atoms with Crippen LogP contribution in [-0.2, 0) is 16.2 Å². The van der Waals surface area contributed by atoms with Gasteiger partial charge >= 0.3 is 6.18 Å². The number of aryl methyl sites for hydroxylation is 1. The van der Waals surface area contributed by atoms with Crippen molar-refractivity contribution in [3.63, 3.8) is 0 Å². The first-order valence-electron chi connectivity index (χ1n) is 9.49. The molecule has 1 aliphatic rings. The zero-order chi connectivity index (χ0) is 23.7. The molecule has 0 bridgehead atoms. The second-order valence-corrected chi connectivity index (χ2v) is 9.37. The quantitative estimate of drug-likeness (QED) is 0.666. The molecule has 1 N–H and O–H groups in total. The van der Waals surface area contributed by atoms with Crippen LogP contribution in [-0.4, -0.2) is 54.2 Å². The van der Waals surface area contributed by atoms with E-state index in [-0.39, 0.29) is 12.3 Å². The van der Waals surface area contributed by atoms with Crippen molar-refractivity contribution < 1.29 is 35.5 Å². The van der Waals surface area contributed by atoms with Crippen molar-refractivity contribution in [2.75, 3.05) is 19.3 Å². The third-order valence-electron chi connectivity index (χ3n) is 4.83. The molecule has 1 saturated heterocycles. The highest BCUT2D eigenvalue weighted by Crippen LogP contribution is 2.32. The van der Waals surface area contributed by atoms with Crippen molar-refractivity contribution in [3.8, 4) is 11.6 Å². The second kappa shape index (κ2) is 8.98. The van der Waals surface area contributed by atoms with Crippen molar-refractivity contribution in [2.24, 2.45) is 0 Å². The number of piperidine rings is 1. The van der Waals surface area contributed by atoms with Gasteiger partial charge in [-0.2, -0.15) is 13.2 Å². The summed E-state index contributed by atoms with van der Waals surface area (Å²) in [7, 11) is -3.49. The van der Waals surface area contributed by atoms with E-state index in [4.69, 9.17) is 4.74 Å². The highest BCUT2D eigenvalue weighted by atomic mass is 32.2. The maximum atomic E-state index is 13.3. The molecule has 8 nitrogen and oxygen atoms in total. The normalized spacial score (nSPS) is 17.8. The number of halogens is 4. The molecule has 0 saturated carbocycles. The van der Waals surface area contributed by atoms with Gasteiger partial charge in [0.1, 0.15) is 17.1 Å². The summed E-state index contributed by atoms with van der Waals surface area (Å²) in [5.74, 6) is -1.89. The summed E-state index contributed by atoms with van der Waals surface area (Å²) in [5, 5.41) is 9.05. The third kappa shape index (κ3) is 5.71. The number of nitrogens with one attached hydrogen (secondary N) is 1. The predicted octanol–water partition coefficient (Wildman–Crippen LogP) is 2.89. The van der Waals surface area contributed by atoms with E-state index in [2.05, 4.69) is 15.5 Å². The lowest BCUT2D eigenvalue weighted by atomic mass is 10.1. The van der Waals surface area contributed by atoms with Gasteiger partial charge in [-0.1, -0.05) is 0 Å². The van der Waals surface area contributed by atoms with Crippen LogP contribution in [0.5, 0.6) is 11.6 Å². The summed E-state index contributed by atoms with van der Waals surface area (Å²) >= 11 is 0. The Morgan fingerprint density at radius 1 is 1.25 bits per heavy atom. The molecule has 3 rings (SSSR count). The maximum absolute atomic E-state index is 13.3. The lowest BCUT2D eigenvalue weighted by Crippen LogP contribution is -2.49. The molecule has 13 heteroatoms. The van der Waals surface area contributed by atoms with Crippen LogP contribution in [0.1, 0.15) is 34.5 Å². The van der Waals surface area contributed by atoms with Crippen molar-refractivity contribution in [3.05, 3.63) is 46.9 Å². The molecule has 32 heavy (non-hydrogen) atoms. The van der Waals surface area contributed by atoms with E-state index in [1.165, 1.54) is 17.3 Å². The highest BCUT2D eigenvalue weighted by Gasteiger charge is 2.36. The molecule has 1 aromatic carbocycles. The maximum Gasteiger partial charge on any atom is 0.435 e. The molecule has 1 fully saturated rings. The summed E-state index contributed by atoms with van der Waals surface area (Å²) in [5.41, 5.74) is -1.60. The molecular formula is C19H20F4N4O4S.